The highest BCUT2D eigenvalue weighted by atomic mass is 35.5. The zero-order chi connectivity index (χ0) is 10.7. The van der Waals surface area contributed by atoms with E-state index in [1.165, 1.54) is 6.20 Å². The van der Waals surface area contributed by atoms with E-state index < -0.39 is 0 Å². The van der Waals surface area contributed by atoms with Gasteiger partial charge in [0.15, 0.2) is 0 Å². The molecule has 0 spiro atoms. The van der Waals surface area contributed by atoms with Crippen LogP contribution in [0.1, 0.15) is 4.88 Å². The lowest BCUT2D eigenvalue weighted by Crippen LogP contribution is -1.97. The summed E-state index contributed by atoms with van der Waals surface area (Å²) < 4.78 is 5.45. The second-order valence-corrected chi connectivity index (χ2v) is 4.36. The van der Waals surface area contributed by atoms with Crippen LogP contribution in [0.4, 0.5) is 5.69 Å². The first-order chi connectivity index (χ1) is 7.25. The number of nitrogens with two attached hydrogens (primary N) is 1. The normalized spacial score (nSPS) is 10.2. The van der Waals surface area contributed by atoms with E-state index in [0.717, 1.165) is 4.88 Å². The van der Waals surface area contributed by atoms with Crippen LogP contribution in [0.25, 0.3) is 0 Å². The Hall–Kier alpha value is -1.26. The molecule has 0 radical (unpaired) electrons. The quantitative estimate of drug-likeness (QED) is 0.897. The molecular weight excluding hydrogens is 232 g/mol. The summed E-state index contributed by atoms with van der Waals surface area (Å²) >= 11 is 7.54. The number of nitrogen functional groups attached to an aromatic ring is 1. The highest BCUT2D eigenvalue weighted by Crippen LogP contribution is 2.24. The molecule has 15 heavy (non-hydrogen) atoms. The Morgan fingerprint density at radius 2 is 2.40 bits per heavy atom. The monoisotopic (exact) mass is 240 g/mol. The van der Waals surface area contributed by atoms with Crippen LogP contribution in [0.3, 0.4) is 0 Å². The summed E-state index contributed by atoms with van der Waals surface area (Å²) in [6.45, 7) is 0.480. The van der Waals surface area contributed by atoms with Crippen LogP contribution in [0, 0.1) is 0 Å². The lowest BCUT2D eigenvalue weighted by Gasteiger charge is -2.05. The molecule has 78 valence electrons. The fraction of sp³-hybridized carbons (Fsp3) is 0.100. The van der Waals surface area contributed by atoms with Crippen LogP contribution in [-0.4, -0.2) is 4.98 Å². The van der Waals surface area contributed by atoms with Gasteiger partial charge in [-0.2, -0.15) is 0 Å². The topological polar surface area (TPSA) is 48.1 Å². The molecule has 0 bridgehead atoms. The fourth-order valence-corrected chi connectivity index (χ4v) is 1.93. The number of halogens is 1. The fourth-order valence-electron chi connectivity index (χ4n) is 1.08. The number of nitrogens with zero attached hydrogens (tertiary/aromatic N) is 1. The summed E-state index contributed by atoms with van der Waals surface area (Å²) in [7, 11) is 0. The number of hydrogen-bond donors (Lipinski definition) is 1. The van der Waals surface area contributed by atoms with Gasteiger partial charge in [0.05, 0.1) is 11.9 Å². The first kappa shape index (κ1) is 10.3. The van der Waals surface area contributed by atoms with E-state index in [0.29, 0.717) is 23.2 Å². The minimum Gasteiger partial charge on any atom is -0.471 e. The van der Waals surface area contributed by atoms with E-state index in [2.05, 4.69) is 4.98 Å². The zero-order valence-electron chi connectivity index (χ0n) is 7.81. The minimum absolute atomic E-state index is 0.416. The molecule has 0 unspecified atom stereocenters. The van der Waals surface area contributed by atoms with Gasteiger partial charge in [-0.25, -0.2) is 4.98 Å². The third-order valence-corrected chi connectivity index (χ3v) is 2.88. The van der Waals surface area contributed by atoms with Crippen molar-refractivity contribution in [2.75, 3.05) is 5.73 Å². The summed E-state index contributed by atoms with van der Waals surface area (Å²) in [6, 6.07) is 5.59. The number of ether oxygens (including phenoxy) is 1. The van der Waals surface area contributed by atoms with Crippen molar-refractivity contribution in [1.82, 2.24) is 4.98 Å². The second kappa shape index (κ2) is 4.51. The molecule has 3 nitrogen and oxygen atoms in total. The van der Waals surface area contributed by atoms with Crippen molar-refractivity contribution in [3.63, 3.8) is 0 Å². The summed E-state index contributed by atoms with van der Waals surface area (Å²) in [5.41, 5.74) is 6.05. The molecule has 0 fully saturated rings. The molecule has 0 atom stereocenters. The van der Waals surface area contributed by atoms with Crippen LogP contribution < -0.4 is 10.5 Å². The van der Waals surface area contributed by atoms with Gasteiger partial charge in [-0.3, -0.25) is 0 Å². The first-order valence-corrected chi connectivity index (χ1v) is 5.57. The smallest absolute Gasteiger partial charge is 0.233 e. The van der Waals surface area contributed by atoms with E-state index in [1.54, 1.807) is 17.4 Å². The first-order valence-electron chi connectivity index (χ1n) is 4.32. The van der Waals surface area contributed by atoms with Crippen molar-refractivity contribution in [3.8, 4) is 5.88 Å². The van der Waals surface area contributed by atoms with Crippen LogP contribution in [0.5, 0.6) is 5.88 Å². The van der Waals surface area contributed by atoms with Crippen molar-refractivity contribution < 1.29 is 4.74 Å². The van der Waals surface area contributed by atoms with Crippen LogP contribution in [-0.2, 0) is 6.61 Å². The predicted octanol–water partition coefficient (Wildman–Crippen LogP) is 2.96. The maximum absolute atomic E-state index is 5.91. The van der Waals surface area contributed by atoms with E-state index in [9.17, 15) is 0 Å². The third-order valence-electron chi connectivity index (χ3n) is 1.76. The van der Waals surface area contributed by atoms with Crippen LogP contribution in [0.2, 0.25) is 5.02 Å². The number of thiophene rings is 1. The lowest BCUT2D eigenvalue weighted by atomic mass is 10.4. The average molecular weight is 241 g/mol. The van der Waals surface area contributed by atoms with Gasteiger partial charge in [0.1, 0.15) is 11.6 Å². The molecule has 0 amide bonds. The predicted molar refractivity (Wildman–Crippen MR) is 62.3 cm³/mol. The lowest BCUT2D eigenvalue weighted by molar-refractivity contribution is 0.297. The van der Waals surface area contributed by atoms with Gasteiger partial charge in [0.25, 0.3) is 0 Å². The van der Waals surface area contributed by atoms with Gasteiger partial charge in [0.2, 0.25) is 5.88 Å². The van der Waals surface area contributed by atoms with Gasteiger partial charge in [-0.15, -0.1) is 11.3 Å². The second-order valence-electron chi connectivity index (χ2n) is 2.92. The van der Waals surface area contributed by atoms with E-state index >= 15 is 0 Å². The molecule has 0 saturated heterocycles. The van der Waals surface area contributed by atoms with Crippen molar-refractivity contribution >= 4 is 28.6 Å². The zero-order valence-corrected chi connectivity index (χ0v) is 9.39. The molecule has 0 aliphatic carbocycles. The maximum atomic E-state index is 5.91. The molecule has 0 aliphatic rings. The van der Waals surface area contributed by atoms with Gasteiger partial charge < -0.3 is 10.5 Å². The Labute approximate surface area is 96.5 Å². The molecule has 2 heterocycles. The summed E-state index contributed by atoms with van der Waals surface area (Å²) in [5.74, 6) is 0.416. The minimum atomic E-state index is 0.416. The number of rotatable bonds is 3. The van der Waals surface area contributed by atoms with Crippen molar-refractivity contribution in [2.24, 2.45) is 0 Å². The number of anilines is 1. The SMILES string of the molecule is Nc1cnc(OCc2cccs2)c(Cl)c1. The summed E-state index contributed by atoms with van der Waals surface area (Å²) in [5, 5.41) is 2.43. The summed E-state index contributed by atoms with van der Waals surface area (Å²) in [6.07, 6.45) is 1.52. The molecule has 0 aromatic carbocycles. The van der Waals surface area contributed by atoms with Crippen LogP contribution >= 0.6 is 22.9 Å². The highest BCUT2D eigenvalue weighted by molar-refractivity contribution is 7.09. The number of hydrogen-bond acceptors (Lipinski definition) is 4. The van der Waals surface area contributed by atoms with Gasteiger partial charge >= 0.3 is 0 Å². The Morgan fingerprint density at radius 1 is 1.53 bits per heavy atom. The number of aromatic nitrogens is 1. The van der Waals surface area contributed by atoms with Crippen LogP contribution in [0.15, 0.2) is 29.8 Å². The Balaban J connectivity index is 2.05. The molecule has 2 aromatic rings. The molecular formula is C10H9ClN2OS. The third kappa shape index (κ3) is 2.61. The Morgan fingerprint density at radius 3 is 3.07 bits per heavy atom. The van der Waals surface area contributed by atoms with Gasteiger partial charge in [0, 0.05) is 4.88 Å². The van der Waals surface area contributed by atoms with Crippen molar-refractivity contribution in [2.45, 2.75) is 6.61 Å². The van der Waals surface area contributed by atoms with E-state index in [-0.39, 0.29) is 0 Å². The average Bonchev–Trinajstić information content (AvgIpc) is 2.69. The summed E-state index contributed by atoms with van der Waals surface area (Å²) in [4.78, 5) is 5.13. The molecule has 0 aliphatic heterocycles. The Bertz CT molecular complexity index is 445. The van der Waals surface area contributed by atoms with E-state index in [1.807, 2.05) is 17.5 Å². The molecule has 2 N–H and O–H groups in total. The molecule has 5 heteroatoms. The van der Waals surface area contributed by atoms with Crippen molar-refractivity contribution in [1.29, 1.82) is 0 Å². The highest BCUT2D eigenvalue weighted by Gasteiger charge is 2.04. The van der Waals surface area contributed by atoms with Gasteiger partial charge in [-0.05, 0) is 17.5 Å². The van der Waals surface area contributed by atoms with Crippen molar-refractivity contribution in [3.05, 3.63) is 39.7 Å². The largest absolute Gasteiger partial charge is 0.471 e. The molecule has 0 saturated carbocycles. The van der Waals surface area contributed by atoms with Gasteiger partial charge in [-0.1, -0.05) is 17.7 Å². The molecule has 2 rings (SSSR count). The number of pyridine rings is 1. The Kier molecular flexibility index (Phi) is 3.08. The standard InChI is InChI=1S/C10H9ClN2OS/c11-9-4-7(12)5-13-10(9)14-6-8-2-1-3-15-8/h1-5H,6,12H2. The maximum Gasteiger partial charge on any atom is 0.233 e. The molecule has 2 aromatic heterocycles. The van der Waals surface area contributed by atoms with E-state index in [4.69, 9.17) is 22.1 Å².